The smallest absolute Gasteiger partial charge is 0.335 e. The first-order valence-corrected chi connectivity index (χ1v) is 12.7. The number of furan rings is 1. The number of hydrogen-bond donors (Lipinski definition) is 3. The number of halogens is 2. The summed E-state index contributed by atoms with van der Waals surface area (Å²) in [5.41, 5.74) is 1.74. The SMILES string of the molecule is O=C(CCN1C(=S)NC(c2ccccn2)C1c1ccc(-c2cc(C(=O)O)ccc2Cl)o1)Nc1ccc(F)cc1. The number of carbonyl (C=O) groups excluding carboxylic acids is 1. The highest BCUT2D eigenvalue weighted by Gasteiger charge is 2.41. The van der Waals surface area contributed by atoms with E-state index in [9.17, 15) is 19.1 Å². The molecule has 4 aromatic rings. The van der Waals surface area contributed by atoms with Gasteiger partial charge in [-0.2, -0.15) is 0 Å². The number of carboxylic acid groups (broad SMARTS) is 1. The molecule has 1 fully saturated rings. The number of thiocarbonyl (C=S) groups is 1. The van der Waals surface area contributed by atoms with Gasteiger partial charge < -0.3 is 25.1 Å². The summed E-state index contributed by atoms with van der Waals surface area (Å²) in [6.07, 6.45) is 1.78. The van der Waals surface area contributed by atoms with Crippen molar-refractivity contribution < 1.29 is 23.5 Å². The number of nitrogens with one attached hydrogen (secondary N) is 2. The highest BCUT2D eigenvalue weighted by Crippen LogP contribution is 2.41. The van der Waals surface area contributed by atoms with E-state index in [0.29, 0.717) is 32.9 Å². The van der Waals surface area contributed by atoms with Crippen LogP contribution in [0.4, 0.5) is 10.1 Å². The number of nitrogens with zero attached hydrogens (tertiary/aromatic N) is 2. The van der Waals surface area contributed by atoms with Crippen LogP contribution in [0.3, 0.4) is 0 Å². The Labute approximate surface area is 233 Å². The Kier molecular flexibility index (Phi) is 7.58. The largest absolute Gasteiger partial charge is 0.478 e. The fourth-order valence-electron chi connectivity index (χ4n) is 4.44. The van der Waals surface area contributed by atoms with E-state index in [4.69, 9.17) is 28.2 Å². The number of carboxylic acids is 1. The molecule has 3 heterocycles. The second-order valence-corrected chi connectivity index (χ2v) is 9.62. The molecule has 2 aromatic carbocycles. The van der Waals surface area contributed by atoms with Gasteiger partial charge in [0.05, 0.1) is 22.3 Å². The standard InChI is InChI=1S/C28H22ClFN4O4S/c29-20-9-4-16(27(36)37)15-19(20)22-10-11-23(38-22)26-25(21-3-1-2-13-31-21)33-28(39)34(26)14-12-24(35)32-18-7-5-17(30)6-8-18/h1-11,13,15,25-26H,12,14H2,(H,32,35)(H,33,39)(H,36,37). The van der Waals surface area contributed by atoms with E-state index >= 15 is 0 Å². The average molecular weight is 565 g/mol. The molecule has 3 N–H and O–H groups in total. The first-order chi connectivity index (χ1) is 18.8. The summed E-state index contributed by atoms with van der Waals surface area (Å²) < 4.78 is 19.4. The average Bonchev–Trinajstić information content (AvgIpc) is 3.54. The highest BCUT2D eigenvalue weighted by molar-refractivity contribution is 7.80. The maximum absolute atomic E-state index is 13.2. The summed E-state index contributed by atoms with van der Waals surface area (Å²) in [5.74, 6) is -0.806. The van der Waals surface area contributed by atoms with E-state index < -0.39 is 17.8 Å². The molecule has 0 saturated carbocycles. The van der Waals surface area contributed by atoms with Gasteiger partial charge in [-0.1, -0.05) is 17.7 Å². The van der Waals surface area contributed by atoms with Gasteiger partial charge in [-0.05, 0) is 78.9 Å². The number of aromatic carboxylic acids is 1. The summed E-state index contributed by atoms with van der Waals surface area (Å²) >= 11 is 12.0. The molecule has 2 aromatic heterocycles. The summed E-state index contributed by atoms with van der Waals surface area (Å²) in [7, 11) is 0. The van der Waals surface area contributed by atoms with E-state index in [2.05, 4.69) is 15.6 Å². The number of hydrogen-bond acceptors (Lipinski definition) is 5. The molecular formula is C28H22ClFN4O4S. The van der Waals surface area contributed by atoms with Gasteiger partial charge in [0.25, 0.3) is 0 Å². The van der Waals surface area contributed by atoms with Gasteiger partial charge in [0, 0.05) is 30.4 Å². The van der Waals surface area contributed by atoms with E-state index in [-0.39, 0.29) is 30.5 Å². The summed E-state index contributed by atoms with van der Waals surface area (Å²) in [4.78, 5) is 30.5. The molecule has 39 heavy (non-hydrogen) atoms. The zero-order valence-electron chi connectivity index (χ0n) is 20.3. The lowest BCUT2D eigenvalue weighted by Gasteiger charge is -2.25. The zero-order chi connectivity index (χ0) is 27.5. The van der Waals surface area contributed by atoms with Crippen LogP contribution in [-0.4, -0.2) is 38.5 Å². The maximum atomic E-state index is 13.2. The Balaban J connectivity index is 1.42. The molecule has 1 amide bonds. The van der Waals surface area contributed by atoms with E-state index in [0.717, 1.165) is 5.69 Å². The zero-order valence-corrected chi connectivity index (χ0v) is 21.9. The third kappa shape index (κ3) is 5.76. The van der Waals surface area contributed by atoms with Crippen LogP contribution in [0.25, 0.3) is 11.3 Å². The van der Waals surface area contributed by atoms with Crippen molar-refractivity contribution >= 4 is 46.5 Å². The van der Waals surface area contributed by atoms with E-state index in [1.807, 2.05) is 23.1 Å². The number of aromatic nitrogens is 1. The molecule has 1 aliphatic heterocycles. The highest BCUT2D eigenvalue weighted by atomic mass is 35.5. The third-order valence-corrected chi connectivity index (χ3v) is 6.98. The molecule has 2 atom stereocenters. The van der Waals surface area contributed by atoms with Crippen molar-refractivity contribution in [3.8, 4) is 11.3 Å². The van der Waals surface area contributed by atoms with Gasteiger partial charge in [0.15, 0.2) is 5.11 Å². The predicted molar refractivity (Wildman–Crippen MR) is 148 cm³/mol. The van der Waals surface area contributed by atoms with Gasteiger partial charge in [0.1, 0.15) is 23.4 Å². The molecule has 8 nitrogen and oxygen atoms in total. The summed E-state index contributed by atoms with van der Waals surface area (Å²) in [6, 6.07) is 18.1. The fraction of sp³-hybridized carbons (Fsp3) is 0.143. The molecule has 2 unspecified atom stereocenters. The van der Waals surface area contributed by atoms with Gasteiger partial charge in [-0.3, -0.25) is 9.78 Å². The molecule has 0 bridgehead atoms. The summed E-state index contributed by atoms with van der Waals surface area (Å²) in [6.45, 7) is 0.262. The Bertz CT molecular complexity index is 1530. The molecule has 1 saturated heterocycles. The molecule has 0 aliphatic carbocycles. The molecular weight excluding hydrogens is 543 g/mol. The lowest BCUT2D eigenvalue weighted by Crippen LogP contribution is -2.32. The topological polar surface area (TPSA) is 108 Å². The van der Waals surface area contributed by atoms with E-state index in [1.54, 1.807) is 18.3 Å². The number of rotatable bonds is 8. The van der Waals surface area contributed by atoms with Crippen molar-refractivity contribution in [1.82, 2.24) is 15.2 Å². The first-order valence-electron chi connectivity index (χ1n) is 12.0. The van der Waals surface area contributed by atoms with Crippen molar-refractivity contribution in [1.29, 1.82) is 0 Å². The number of amides is 1. The van der Waals surface area contributed by atoms with Crippen molar-refractivity contribution in [2.24, 2.45) is 0 Å². The minimum Gasteiger partial charge on any atom is -0.478 e. The second-order valence-electron chi connectivity index (χ2n) is 8.83. The minimum absolute atomic E-state index is 0.0798. The van der Waals surface area contributed by atoms with Crippen LogP contribution in [-0.2, 0) is 4.79 Å². The van der Waals surface area contributed by atoms with Gasteiger partial charge in [-0.25, -0.2) is 9.18 Å². The molecule has 0 spiro atoms. The van der Waals surface area contributed by atoms with Crippen LogP contribution in [0, 0.1) is 5.82 Å². The van der Waals surface area contributed by atoms with Gasteiger partial charge in [0.2, 0.25) is 5.91 Å². The molecule has 198 valence electrons. The normalized spacial score (nSPS) is 16.7. The van der Waals surface area contributed by atoms with Gasteiger partial charge >= 0.3 is 5.97 Å². The maximum Gasteiger partial charge on any atom is 0.335 e. The Hall–Kier alpha value is -4.28. The Morgan fingerprint density at radius 2 is 1.92 bits per heavy atom. The van der Waals surface area contributed by atoms with Crippen molar-refractivity contribution in [3.63, 3.8) is 0 Å². The summed E-state index contributed by atoms with van der Waals surface area (Å²) in [5, 5.41) is 16.2. The lowest BCUT2D eigenvalue weighted by atomic mass is 10.0. The molecule has 11 heteroatoms. The quantitative estimate of drug-likeness (QED) is 0.229. The lowest BCUT2D eigenvalue weighted by molar-refractivity contribution is -0.116. The second kappa shape index (κ2) is 11.2. The minimum atomic E-state index is -1.08. The van der Waals surface area contributed by atoms with Crippen molar-refractivity contribution in [2.75, 3.05) is 11.9 Å². The monoisotopic (exact) mass is 564 g/mol. The number of anilines is 1. The number of pyridine rings is 1. The van der Waals surface area contributed by atoms with Crippen molar-refractivity contribution in [3.05, 3.63) is 107 Å². The number of carbonyl (C=O) groups is 2. The van der Waals surface area contributed by atoms with Crippen LogP contribution in [0.15, 0.2) is 83.4 Å². The van der Waals surface area contributed by atoms with Crippen LogP contribution >= 0.6 is 23.8 Å². The molecule has 0 radical (unpaired) electrons. The Morgan fingerprint density at radius 1 is 1.13 bits per heavy atom. The van der Waals surface area contributed by atoms with Crippen LogP contribution in [0.5, 0.6) is 0 Å². The van der Waals surface area contributed by atoms with Crippen LogP contribution < -0.4 is 10.6 Å². The van der Waals surface area contributed by atoms with Crippen molar-refractivity contribution in [2.45, 2.75) is 18.5 Å². The predicted octanol–water partition coefficient (Wildman–Crippen LogP) is 5.83. The third-order valence-electron chi connectivity index (χ3n) is 6.30. The number of benzene rings is 2. The Morgan fingerprint density at radius 3 is 2.64 bits per heavy atom. The van der Waals surface area contributed by atoms with Crippen LogP contribution in [0.1, 0.15) is 40.3 Å². The molecule has 5 rings (SSSR count). The van der Waals surface area contributed by atoms with Crippen LogP contribution in [0.2, 0.25) is 5.02 Å². The van der Waals surface area contributed by atoms with E-state index in [1.165, 1.54) is 42.5 Å². The molecule has 1 aliphatic rings. The van der Waals surface area contributed by atoms with Gasteiger partial charge in [-0.15, -0.1) is 0 Å². The first kappa shape index (κ1) is 26.3. The fourth-order valence-corrected chi connectivity index (χ4v) is 4.98.